The third-order valence-corrected chi connectivity index (χ3v) is 9.05. The number of benzene rings is 2. The molecule has 2 aliphatic heterocycles. The van der Waals surface area contributed by atoms with E-state index >= 15 is 0 Å². The number of carbonyl (C=O) groups excluding carboxylic acids is 3. The predicted molar refractivity (Wildman–Crippen MR) is 151 cm³/mol. The van der Waals surface area contributed by atoms with E-state index in [4.69, 9.17) is 0 Å². The van der Waals surface area contributed by atoms with E-state index in [9.17, 15) is 39.5 Å². The molecule has 222 valence electrons. The first-order valence-electron chi connectivity index (χ1n) is 12.5. The Bertz CT molecular complexity index is 1660. The second kappa shape index (κ2) is 12.1. The van der Waals surface area contributed by atoms with E-state index in [0.29, 0.717) is 16.3 Å². The van der Waals surface area contributed by atoms with E-state index in [1.54, 1.807) is 37.4 Å². The molecule has 3 amide bonds. The number of hydrogen-bond donors (Lipinski definition) is 4. The number of carbonyl (C=O) groups is 4. The van der Waals surface area contributed by atoms with Crippen LogP contribution in [0.3, 0.4) is 0 Å². The number of carboxylic acid groups (broad SMARTS) is 1. The highest BCUT2D eigenvalue weighted by Crippen LogP contribution is 2.41. The topological polar surface area (TPSA) is 223 Å². The van der Waals surface area contributed by atoms with Gasteiger partial charge in [-0.25, -0.2) is 9.48 Å². The number of thioether (sulfide) groups is 2. The van der Waals surface area contributed by atoms with Crippen LogP contribution in [-0.2, 0) is 21.4 Å². The standard InChI is InChI=1S/C25H22N8O8S2/c1-31-25(28-29-30-31)43-11-13-10-42-23-18(22(37)32(23)19(13)24(38)39)27-21(36)17(12-5-3-2-4-6-12)26-20(35)15-9-14(33(40)41)7-8-16(15)34/h2-9,17-18,23,34H,10-11H2,1H3,(H,26,35)(H,27,36)(H,38,39)/t17-,18?,23-/m0/s1. The summed E-state index contributed by atoms with van der Waals surface area (Å²) in [5.41, 5.74) is -0.203. The van der Waals surface area contributed by atoms with E-state index < -0.39 is 63.1 Å². The third kappa shape index (κ3) is 5.86. The van der Waals surface area contributed by atoms with Gasteiger partial charge < -0.3 is 20.8 Å². The molecule has 0 saturated carbocycles. The molecule has 16 nitrogen and oxygen atoms in total. The first-order chi connectivity index (χ1) is 20.6. The third-order valence-electron chi connectivity index (χ3n) is 6.61. The molecule has 5 rings (SSSR count). The van der Waals surface area contributed by atoms with Crippen LogP contribution >= 0.6 is 23.5 Å². The van der Waals surface area contributed by atoms with E-state index in [1.807, 2.05) is 0 Å². The van der Waals surface area contributed by atoms with Gasteiger partial charge in [0.15, 0.2) is 0 Å². The first kappa shape index (κ1) is 29.5. The van der Waals surface area contributed by atoms with Crippen molar-refractivity contribution in [3.63, 3.8) is 0 Å². The van der Waals surface area contributed by atoms with Gasteiger partial charge in [0.05, 0.1) is 10.5 Å². The van der Waals surface area contributed by atoms with Crippen LogP contribution < -0.4 is 10.6 Å². The van der Waals surface area contributed by atoms with Gasteiger partial charge >= 0.3 is 5.97 Å². The zero-order chi connectivity index (χ0) is 30.8. The van der Waals surface area contributed by atoms with Crippen LogP contribution in [0.25, 0.3) is 0 Å². The summed E-state index contributed by atoms with van der Waals surface area (Å²) in [6.07, 6.45) is 0. The first-order valence-corrected chi connectivity index (χ1v) is 14.5. The molecule has 2 aliphatic rings. The Hall–Kier alpha value is -4.97. The molecular formula is C25H22N8O8S2. The number of β-lactam (4-membered cyclic amide) rings is 1. The van der Waals surface area contributed by atoms with Crippen LogP contribution in [0.5, 0.6) is 5.75 Å². The Morgan fingerprint density at radius 1 is 1.23 bits per heavy atom. The summed E-state index contributed by atoms with van der Waals surface area (Å²) < 4.78 is 1.44. The number of tetrazole rings is 1. The Labute approximate surface area is 250 Å². The Morgan fingerprint density at radius 2 is 1.98 bits per heavy atom. The van der Waals surface area contributed by atoms with E-state index in [-0.39, 0.29) is 17.2 Å². The van der Waals surface area contributed by atoms with Crippen LogP contribution in [0.1, 0.15) is 22.0 Å². The van der Waals surface area contributed by atoms with E-state index in [1.165, 1.54) is 28.2 Å². The summed E-state index contributed by atoms with van der Waals surface area (Å²) in [7, 11) is 1.64. The average molecular weight is 627 g/mol. The molecule has 3 aromatic rings. The number of fused-ring (bicyclic) bond motifs is 1. The van der Waals surface area contributed by atoms with Gasteiger partial charge in [0, 0.05) is 30.7 Å². The minimum Gasteiger partial charge on any atom is -0.507 e. The number of amides is 3. The molecule has 2 aromatic carbocycles. The second-order valence-electron chi connectivity index (χ2n) is 9.30. The van der Waals surface area contributed by atoms with Crippen molar-refractivity contribution in [1.82, 2.24) is 35.7 Å². The molecule has 1 fully saturated rings. The average Bonchev–Trinajstić information content (AvgIpc) is 3.41. The number of non-ortho nitro benzene ring substituents is 1. The zero-order valence-electron chi connectivity index (χ0n) is 22.1. The fourth-order valence-electron chi connectivity index (χ4n) is 4.50. The number of aromatic nitrogens is 4. The highest BCUT2D eigenvalue weighted by molar-refractivity contribution is 8.01. The Morgan fingerprint density at radius 3 is 2.63 bits per heavy atom. The Balaban J connectivity index is 1.34. The number of rotatable bonds is 10. The lowest BCUT2D eigenvalue weighted by atomic mass is 10.0. The van der Waals surface area contributed by atoms with Crippen molar-refractivity contribution in [3.05, 3.63) is 81.0 Å². The molecule has 0 bridgehead atoms. The van der Waals surface area contributed by atoms with Gasteiger partial charge in [-0.2, -0.15) is 0 Å². The molecule has 1 aromatic heterocycles. The summed E-state index contributed by atoms with van der Waals surface area (Å²) in [6, 6.07) is 8.52. The number of phenolic OH excluding ortho intramolecular Hbond substituents is 1. The zero-order valence-corrected chi connectivity index (χ0v) is 23.7. The number of aromatic hydroxyl groups is 1. The normalized spacial score (nSPS) is 18.3. The molecule has 1 saturated heterocycles. The lowest BCUT2D eigenvalue weighted by Gasteiger charge is -2.49. The number of aryl methyl sites for hydroxylation is 1. The molecule has 3 atom stereocenters. The largest absolute Gasteiger partial charge is 0.507 e. The fraction of sp³-hybridized carbons (Fsp3) is 0.240. The fourth-order valence-corrected chi connectivity index (χ4v) is 6.84. The molecule has 0 aliphatic carbocycles. The second-order valence-corrected chi connectivity index (χ2v) is 11.4. The SMILES string of the molecule is Cn1nnnc1SCC1=C(C(=O)O)N2C(=O)C(NC(=O)[C@@H](NC(=O)c3cc([N+](=O)[O-])ccc3O)c3ccccc3)[C@@H]2SC1. The molecule has 3 heterocycles. The molecule has 43 heavy (non-hydrogen) atoms. The number of nitro groups is 1. The number of nitro benzene ring substituents is 1. The van der Waals surface area contributed by atoms with Crippen molar-refractivity contribution in [3.8, 4) is 5.75 Å². The highest BCUT2D eigenvalue weighted by atomic mass is 32.2. The van der Waals surface area contributed by atoms with Crippen molar-refractivity contribution in [2.45, 2.75) is 22.6 Å². The van der Waals surface area contributed by atoms with Crippen LogP contribution in [-0.4, -0.2) is 86.9 Å². The van der Waals surface area contributed by atoms with Gasteiger partial charge in [-0.3, -0.25) is 29.4 Å². The van der Waals surface area contributed by atoms with Crippen LogP contribution in [0.15, 0.2) is 65.0 Å². The summed E-state index contributed by atoms with van der Waals surface area (Å²) in [5, 5.41) is 47.3. The number of hydrogen-bond acceptors (Lipinski definition) is 12. The summed E-state index contributed by atoms with van der Waals surface area (Å²) in [5.74, 6) is -3.71. The lowest BCUT2D eigenvalue weighted by molar-refractivity contribution is -0.384. The minimum atomic E-state index is -1.36. The van der Waals surface area contributed by atoms with Crippen molar-refractivity contribution >= 4 is 52.9 Å². The molecule has 0 spiro atoms. The maximum absolute atomic E-state index is 13.5. The summed E-state index contributed by atoms with van der Waals surface area (Å²) >= 11 is 2.49. The number of phenols is 1. The van der Waals surface area contributed by atoms with Gasteiger partial charge in [-0.05, 0) is 27.6 Å². The van der Waals surface area contributed by atoms with Crippen LogP contribution in [0.4, 0.5) is 5.69 Å². The lowest BCUT2D eigenvalue weighted by Crippen LogP contribution is -2.71. The van der Waals surface area contributed by atoms with Gasteiger partial charge in [0.1, 0.15) is 28.9 Å². The van der Waals surface area contributed by atoms with E-state index in [0.717, 1.165) is 23.1 Å². The smallest absolute Gasteiger partial charge is 0.352 e. The van der Waals surface area contributed by atoms with Gasteiger partial charge in [-0.1, -0.05) is 42.1 Å². The minimum absolute atomic E-state index is 0.170. The maximum atomic E-state index is 13.5. The van der Waals surface area contributed by atoms with Gasteiger partial charge in [0.2, 0.25) is 11.1 Å². The molecular weight excluding hydrogens is 604 g/mol. The predicted octanol–water partition coefficient (Wildman–Crippen LogP) is 0.826. The number of nitrogens with one attached hydrogen (secondary N) is 2. The number of carboxylic acids is 1. The Kier molecular flexibility index (Phi) is 8.31. The molecule has 18 heteroatoms. The monoisotopic (exact) mass is 626 g/mol. The number of nitrogens with zero attached hydrogens (tertiary/aromatic N) is 6. The van der Waals surface area contributed by atoms with E-state index in [2.05, 4.69) is 26.2 Å². The van der Waals surface area contributed by atoms with Gasteiger partial charge in [-0.15, -0.1) is 16.9 Å². The summed E-state index contributed by atoms with van der Waals surface area (Å²) in [4.78, 5) is 63.5. The van der Waals surface area contributed by atoms with Crippen molar-refractivity contribution in [2.75, 3.05) is 11.5 Å². The van der Waals surface area contributed by atoms with Crippen molar-refractivity contribution < 1.29 is 34.3 Å². The number of aliphatic carboxylic acids is 1. The van der Waals surface area contributed by atoms with Gasteiger partial charge in [0.25, 0.3) is 17.5 Å². The molecule has 4 N–H and O–H groups in total. The van der Waals surface area contributed by atoms with Crippen LogP contribution in [0.2, 0.25) is 0 Å². The maximum Gasteiger partial charge on any atom is 0.352 e. The van der Waals surface area contributed by atoms with Crippen molar-refractivity contribution in [1.29, 1.82) is 0 Å². The highest BCUT2D eigenvalue weighted by Gasteiger charge is 2.54. The molecule has 0 radical (unpaired) electrons. The summed E-state index contributed by atoms with van der Waals surface area (Å²) in [6.45, 7) is 0. The quantitative estimate of drug-likeness (QED) is 0.106. The van der Waals surface area contributed by atoms with Crippen LogP contribution in [0, 0.1) is 10.1 Å². The van der Waals surface area contributed by atoms with Crippen molar-refractivity contribution in [2.24, 2.45) is 7.05 Å². The molecule has 1 unspecified atom stereocenters.